The van der Waals surface area contributed by atoms with Crippen LogP contribution in [0.5, 0.6) is 0 Å². The van der Waals surface area contributed by atoms with Crippen LogP contribution in [0.3, 0.4) is 0 Å². The van der Waals surface area contributed by atoms with E-state index in [0.717, 1.165) is 24.0 Å². The Labute approximate surface area is 65.6 Å². The number of allylic oxidation sites excluding steroid dienone is 4. The van der Waals surface area contributed by atoms with E-state index in [0.29, 0.717) is 0 Å². The summed E-state index contributed by atoms with van der Waals surface area (Å²) in [4.78, 5) is 10.1. The summed E-state index contributed by atoms with van der Waals surface area (Å²) in [5.74, 6) is 0. The second-order valence-electron chi connectivity index (χ2n) is 2.78. The Kier molecular flexibility index (Phi) is 2.58. The summed E-state index contributed by atoms with van der Waals surface area (Å²) in [6.45, 7) is 1.95. The van der Waals surface area contributed by atoms with Crippen LogP contribution in [0.2, 0.25) is 0 Å². The Hall–Kier alpha value is -0.920. The fraction of sp³-hybridized carbons (Fsp3) is 0.444. The second-order valence-corrected chi connectivity index (χ2v) is 2.78. The van der Waals surface area contributed by atoms with E-state index in [1.165, 1.54) is 0 Å². The standard InChI is InChI=1S/C9H11FO/c1-7-4-2-3-5-8(7)6-9(10)11/h3,5H,2,4,6H2,1H3. The van der Waals surface area contributed by atoms with E-state index in [9.17, 15) is 9.18 Å². The highest BCUT2D eigenvalue weighted by atomic mass is 19.1. The fourth-order valence-corrected chi connectivity index (χ4v) is 1.19. The minimum absolute atomic E-state index is 0.0532. The molecular formula is C9H11FO. The summed E-state index contributed by atoms with van der Waals surface area (Å²) in [5.41, 5.74) is 1.99. The summed E-state index contributed by atoms with van der Waals surface area (Å²) >= 11 is 0. The molecule has 11 heavy (non-hydrogen) atoms. The highest BCUT2D eigenvalue weighted by Gasteiger charge is 2.07. The first kappa shape index (κ1) is 8.18. The molecule has 0 spiro atoms. The van der Waals surface area contributed by atoms with Crippen LogP contribution in [0.4, 0.5) is 4.39 Å². The molecule has 1 nitrogen and oxygen atoms in total. The van der Waals surface area contributed by atoms with Gasteiger partial charge in [0.2, 0.25) is 0 Å². The van der Waals surface area contributed by atoms with Gasteiger partial charge in [-0.1, -0.05) is 17.7 Å². The average Bonchev–Trinajstić information content (AvgIpc) is 1.93. The molecule has 0 atom stereocenters. The summed E-state index contributed by atoms with van der Waals surface area (Å²) < 4.78 is 12.0. The summed E-state index contributed by atoms with van der Waals surface area (Å²) in [7, 11) is 0. The molecule has 0 unspecified atom stereocenters. The van der Waals surface area contributed by atoms with Crippen molar-refractivity contribution in [3.05, 3.63) is 23.3 Å². The van der Waals surface area contributed by atoms with Gasteiger partial charge in [-0.15, -0.1) is 0 Å². The lowest BCUT2D eigenvalue weighted by atomic mass is 9.97. The lowest BCUT2D eigenvalue weighted by Crippen LogP contribution is -1.96. The molecule has 0 aromatic carbocycles. The third-order valence-electron chi connectivity index (χ3n) is 1.88. The first-order chi connectivity index (χ1) is 5.20. The molecule has 0 bridgehead atoms. The molecule has 0 saturated heterocycles. The van der Waals surface area contributed by atoms with Gasteiger partial charge in [0.15, 0.2) is 0 Å². The predicted octanol–water partition coefficient (Wildman–Crippen LogP) is 2.54. The number of hydrogen-bond donors (Lipinski definition) is 0. The van der Waals surface area contributed by atoms with Gasteiger partial charge in [-0.25, -0.2) is 0 Å². The molecule has 1 aliphatic carbocycles. The van der Waals surface area contributed by atoms with E-state index in [1.807, 2.05) is 19.1 Å². The normalized spacial score (nSPS) is 17.3. The highest BCUT2D eigenvalue weighted by Crippen LogP contribution is 2.20. The van der Waals surface area contributed by atoms with Gasteiger partial charge in [-0.3, -0.25) is 4.79 Å². The monoisotopic (exact) mass is 154 g/mol. The van der Waals surface area contributed by atoms with Crippen LogP contribution in [0, 0.1) is 0 Å². The van der Waals surface area contributed by atoms with E-state index in [-0.39, 0.29) is 6.42 Å². The van der Waals surface area contributed by atoms with Gasteiger partial charge in [0, 0.05) is 0 Å². The van der Waals surface area contributed by atoms with Crippen LogP contribution in [0.15, 0.2) is 23.3 Å². The Morgan fingerprint density at radius 2 is 2.45 bits per heavy atom. The maximum absolute atomic E-state index is 12.0. The van der Waals surface area contributed by atoms with Crippen molar-refractivity contribution in [2.45, 2.75) is 26.2 Å². The van der Waals surface area contributed by atoms with Crippen molar-refractivity contribution in [3.63, 3.8) is 0 Å². The molecule has 0 fully saturated rings. The molecule has 0 aromatic rings. The number of halogens is 1. The molecule has 1 aliphatic rings. The lowest BCUT2D eigenvalue weighted by Gasteiger charge is -2.09. The molecule has 0 aliphatic heterocycles. The molecule has 0 amide bonds. The van der Waals surface area contributed by atoms with Gasteiger partial charge in [-0.05, 0) is 25.3 Å². The molecule has 0 heterocycles. The molecular weight excluding hydrogens is 143 g/mol. The van der Waals surface area contributed by atoms with E-state index in [1.54, 1.807) is 0 Å². The minimum Gasteiger partial charge on any atom is -0.261 e. The van der Waals surface area contributed by atoms with E-state index in [2.05, 4.69) is 0 Å². The molecule has 0 aromatic heterocycles. The summed E-state index contributed by atoms with van der Waals surface area (Å²) in [6, 6.07) is -1.24. The first-order valence-electron chi connectivity index (χ1n) is 3.73. The Morgan fingerprint density at radius 3 is 3.00 bits per heavy atom. The maximum Gasteiger partial charge on any atom is 0.305 e. The van der Waals surface area contributed by atoms with E-state index < -0.39 is 6.04 Å². The van der Waals surface area contributed by atoms with Crippen LogP contribution in [-0.4, -0.2) is 6.04 Å². The Bertz CT molecular complexity index is 226. The van der Waals surface area contributed by atoms with Crippen LogP contribution in [-0.2, 0) is 4.79 Å². The zero-order valence-electron chi connectivity index (χ0n) is 6.56. The van der Waals surface area contributed by atoms with Crippen molar-refractivity contribution in [1.82, 2.24) is 0 Å². The van der Waals surface area contributed by atoms with Crippen LogP contribution in [0.1, 0.15) is 26.2 Å². The number of rotatable bonds is 2. The number of hydrogen-bond acceptors (Lipinski definition) is 1. The zero-order chi connectivity index (χ0) is 8.27. The van der Waals surface area contributed by atoms with Crippen molar-refractivity contribution in [3.8, 4) is 0 Å². The van der Waals surface area contributed by atoms with Gasteiger partial charge in [0.1, 0.15) is 0 Å². The quantitative estimate of drug-likeness (QED) is 0.558. The van der Waals surface area contributed by atoms with Crippen LogP contribution in [0.25, 0.3) is 0 Å². The summed E-state index contributed by atoms with van der Waals surface area (Å²) in [6.07, 6.45) is 5.73. The average molecular weight is 154 g/mol. The van der Waals surface area contributed by atoms with Crippen LogP contribution < -0.4 is 0 Å². The number of carbonyl (C=O) groups excluding carboxylic acids is 1. The smallest absolute Gasteiger partial charge is 0.261 e. The largest absolute Gasteiger partial charge is 0.305 e. The molecule has 0 N–H and O–H groups in total. The topological polar surface area (TPSA) is 17.1 Å². The van der Waals surface area contributed by atoms with Crippen molar-refractivity contribution in [1.29, 1.82) is 0 Å². The van der Waals surface area contributed by atoms with Gasteiger partial charge in [0.05, 0.1) is 6.42 Å². The molecule has 0 saturated carbocycles. The van der Waals surface area contributed by atoms with Crippen molar-refractivity contribution >= 4 is 6.04 Å². The first-order valence-corrected chi connectivity index (χ1v) is 3.73. The van der Waals surface area contributed by atoms with Crippen molar-refractivity contribution < 1.29 is 9.18 Å². The van der Waals surface area contributed by atoms with E-state index in [4.69, 9.17) is 0 Å². The zero-order valence-corrected chi connectivity index (χ0v) is 6.56. The second kappa shape index (κ2) is 3.46. The van der Waals surface area contributed by atoms with Crippen molar-refractivity contribution in [2.24, 2.45) is 0 Å². The Balaban J connectivity index is 2.68. The van der Waals surface area contributed by atoms with E-state index >= 15 is 0 Å². The van der Waals surface area contributed by atoms with Gasteiger partial charge >= 0.3 is 6.04 Å². The molecule has 60 valence electrons. The van der Waals surface area contributed by atoms with Gasteiger partial charge in [-0.2, -0.15) is 4.39 Å². The lowest BCUT2D eigenvalue weighted by molar-refractivity contribution is -0.128. The minimum atomic E-state index is -1.24. The third kappa shape index (κ3) is 2.30. The summed E-state index contributed by atoms with van der Waals surface area (Å²) in [5, 5.41) is 0. The third-order valence-corrected chi connectivity index (χ3v) is 1.88. The Morgan fingerprint density at radius 1 is 1.73 bits per heavy atom. The van der Waals surface area contributed by atoms with Gasteiger partial charge < -0.3 is 0 Å². The van der Waals surface area contributed by atoms with Gasteiger partial charge in [0.25, 0.3) is 0 Å². The van der Waals surface area contributed by atoms with Crippen LogP contribution >= 0.6 is 0 Å². The SMILES string of the molecule is CC1=C(CC(=O)F)C=CCC1. The molecule has 2 heteroatoms. The predicted molar refractivity (Wildman–Crippen MR) is 41.8 cm³/mol. The molecule has 1 rings (SSSR count). The highest BCUT2D eigenvalue weighted by molar-refractivity contribution is 5.72. The van der Waals surface area contributed by atoms with Crippen molar-refractivity contribution in [2.75, 3.05) is 0 Å². The number of carbonyl (C=O) groups is 1. The maximum atomic E-state index is 12.0. The fourth-order valence-electron chi connectivity index (χ4n) is 1.19. The molecule has 0 radical (unpaired) electrons.